The number of anilines is 2. The number of methoxy groups -OCH3 is 4. The molecule has 0 saturated heterocycles. The van der Waals surface area contributed by atoms with Crippen molar-refractivity contribution in [2.45, 2.75) is 39.9 Å². The van der Waals surface area contributed by atoms with Crippen molar-refractivity contribution in [2.24, 2.45) is 0 Å². The van der Waals surface area contributed by atoms with Crippen LogP contribution in [0.3, 0.4) is 0 Å². The van der Waals surface area contributed by atoms with E-state index in [9.17, 15) is 9.90 Å². The summed E-state index contributed by atoms with van der Waals surface area (Å²) < 4.78 is 22.5. The van der Waals surface area contributed by atoms with Gasteiger partial charge in [0.1, 0.15) is 34.6 Å². The summed E-state index contributed by atoms with van der Waals surface area (Å²) in [5, 5.41) is 16.4. The number of fused-ring (bicyclic) bond motifs is 1. The molecule has 0 saturated carbocycles. The zero-order valence-corrected chi connectivity index (χ0v) is 29.2. The quantitative estimate of drug-likeness (QED) is 0.116. The summed E-state index contributed by atoms with van der Waals surface area (Å²) in [6, 6.07) is 14.3. The monoisotopic (exact) mass is 667 g/mol. The maximum atomic E-state index is 12.6. The molecule has 4 aromatic rings. The fourth-order valence-corrected chi connectivity index (χ4v) is 5.39. The number of hydrogen-bond acceptors (Lipinski definition) is 9. The molecule has 0 aliphatic heterocycles. The molecule has 0 radical (unpaired) electrons. The minimum atomic E-state index is -0.474. The van der Waals surface area contributed by atoms with E-state index in [0.717, 1.165) is 33.0 Å². The molecule has 11 heteroatoms. The number of aliphatic hydroxyl groups excluding tert-OH is 1. The second kappa shape index (κ2) is 17.0. The molecular formula is C38H45N5O6. The molecule has 1 atom stereocenters. The van der Waals surface area contributed by atoms with E-state index in [-0.39, 0.29) is 6.61 Å². The van der Waals surface area contributed by atoms with Crippen LogP contribution in [-0.2, 0) is 13.1 Å². The molecule has 1 unspecified atom stereocenters. The second-order valence-corrected chi connectivity index (χ2v) is 11.3. The van der Waals surface area contributed by atoms with Crippen LogP contribution in [0.4, 0.5) is 16.4 Å². The zero-order valence-electron chi connectivity index (χ0n) is 29.2. The van der Waals surface area contributed by atoms with Gasteiger partial charge >= 0.3 is 6.03 Å². The van der Waals surface area contributed by atoms with Gasteiger partial charge in [0, 0.05) is 53.5 Å². The average Bonchev–Trinajstić information content (AvgIpc) is 3.11. The van der Waals surface area contributed by atoms with Crippen molar-refractivity contribution in [2.75, 3.05) is 45.3 Å². The van der Waals surface area contributed by atoms with E-state index in [1.807, 2.05) is 68.5 Å². The lowest BCUT2D eigenvalue weighted by atomic mass is 10.0. The SMILES string of the molecule is C=C/C(=C(C)\C=C/C)c1cc2cc(NC(=O)NC(C)CO)ncc2c(N(Cc2ccc(OC)cc2OC)Cc2ccc(OC)cc2OC)n1. The van der Waals surface area contributed by atoms with Gasteiger partial charge in [0.25, 0.3) is 0 Å². The van der Waals surface area contributed by atoms with Gasteiger partial charge < -0.3 is 34.3 Å². The van der Waals surface area contributed by atoms with Crippen LogP contribution in [0.2, 0.25) is 0 Å². The normalized spacial score (nSPS) is 12.2. The first kappa shape index (κ1) is 36.3. The topological polar surface area (TPSA) is 127 Å². The molecule has 2 amide bonds. The van der Waals surface area contributed by atoms with E-state index in [4.69, 9.17) is 23.9 Å². The van der Waals surface area contributed by atoms with Gasteiger partial charge in [-0.05, 0) is 68.1 Å². The number of carbonyl (C=O) groups excluding carboxylic acids is 1. The summed E-state index contributed by atoms with van der Waals surface area (Å²) >= 11 is 0. The van der Waals surface area contributed by atoms with Crippen LogP contribution in [0, 0.1) is 0 Å². The third-order valence-corrected chi connectivity index (χ3v) is 7.92. The Morgan fingerprint density at radius 1 is 0.959 bits per heavy atom. The highest BCUT2D eigenvalue weighted by Crippen LogP contribution is 2.36. The number of rotatable bonds is 15. The van der Waals surface area contributed by atoms with Crippen LogP contribution in [0.1, 0.15) is 37.6 Å². The Hall–Kier alpha value is -5.55. The molecule has 4 rings (SSSR count). The number of amides is 2. The molecule has 2 aromatic heterocycles. The van der Waals surface area contributed by atoms with Crippen molar-refractivity contribution in [1.29, 1.82) is 0 Å². The van der Waals surface area contributed by atoms with Gasteiger partial charge in [-0.15, -0.1) is 0 Å². The van der Waals surface area contributed by atoms with E-state index in [2.05, 4.69) is 27.1 Å². The molecule has 3 N–H and O–H groups in total. The number of pyridine rings is 2. The number of aliphatic hydroxyl groups is 1. The van der Waals surface area contributed by atoms with Crippen molar-refractivity contribution in [3.8, 4) is 23.0 Å². The Morgan fingerprint density at radius 2 is 1.57 bits per heavy atom. The Bertz CT molecular complexity index is 1800. The van der Waals surface area contributed by atoms with Gasteiger partial charge in [-0.1, -0.05) is 24.8 Å². The van der Waals surface area contributed by atoms with Crippen molar-refractivity contribution < 1.29 is 28.8 Å². The molecular weight excluding hydrogens is 622 g/mol. The Labute approximate surface area is 287 Å². The van der Waals surface area contributed by atoms with Gasteiger partial charge in [-0.3, -0.25) is 5.32 Å². The molecule has 258 valence electrons. The van der Waals surface area contributed by atoms with Crippen LogP contribution in [0.5, 0.6) is 23.0 Å². The number of carbonyl (C=O) groups is 1. The molecule has 11 nitrogen and oxygen atoms in total. The van der Waals surface area contributed by atoms with Gasteiger partial charge in [-0.2, -0.15) is 0 Å². The highest BCUT2D eigenvalue weighted by atomic mass is 16.5. The molecule has 2 heterocycles. The van der Waals surface area contributed by atoms with Crippen LogP contribution in [0.25, 0.3) is 16.3 Å². The smallest absolute Gasteiger partial charge is 0.320 e. The molecule has 0 bridgehead atoms. The predicted molar refractivity (Wildman–Crippen MR) is 195 cm³/mol. The van der Waals surface area contributed by atoms with Crippen molar-refractivity contribution in [1.82, 2.24) is 15.3 Å². The van der Waals surface area contributed by atoms with Crippen LogP contribution < -0.4 is 34.5 Å². The highest BCUT2D eigenvalue weighted by Gasteiger charge is 2.21. The number of hydrogen-bond donors (Lipinski definition) is 3. The minimum Gasteiger partial charge on any atom is -0.497 e. The summed E-state index contributed by atoms with van der Waals surface area (Å²) in [6.45, 7) is 10.4. The first-order valence-corrected chi connectivity index (χ1v) is 15.8. The van der Waals surface area contributed by atoms with Gasteiger partial charge in [0.05, 0.1) is 46.8 Å². The van der Waals surface area contributed by atoms with E-state index in [1.54, 1.807) is 53.7 Å². The lowest BCUT2D eigenvalue weighted by Crippen LogP contribution is -2.38. The van der Waals surface area contributed by atoms with Crippen LogP contribution in [-0.4, -0.2) is 62.2 Å². The number of aromatic nitrogens is 2. The van der Waals surface area contributed by atoms with Gasteiger partial charge in [0.2, 0.25) is 0 Å². The second-order valence-electron chi connectivity index (χ2n) is 11.3. The first-order chi connectivity index (χ1) is 23.7. The van der Waals surface area contributed by atoms with Crippen LogP contribution in [0.15, 0.2) is 85.1 Å². The highest BCUT2D eigenvalue weighted by molar-refractivity contribution is 5.98. The summed E-state index contributed by atoms with van der Waals surface area (Å²) in [5.41, 5.74) is 4.34. The van der Waals surface area contributed by atoms with Crippen molar-refractivity contribution >= 4 is 34.0 Å². The molecule has 0 aliphatic carbocycles. The number of urea groups is 1. The maximum Gasteiger partial charge on any atom is 0.320 e. The standard InChI is InChI=1S/C38H45N5O6/c1-9-11-24(3)31(10-2)33-16-28-17-36(42-38(45)40-25(4)23-44)39-20-32(28)37(41-33)43(21-26-12-14-29(46-5)18-34(26)48-7)22-27-13-15-30(47-6)19-35(27)49-8/h9-20,25,44H,2,21-23H2,1,3-8H3,(H2,39,40,42,45)/b11-9-,31-24+. The van der Waals surface area contributed by atoms with E-state index >= 15 is 0 Å². The molecule has 2 aromatic carbocycles. The zero-order chi connectivity index (χ0) is 35.5. The molecule has 0 aliphatic rings. The predicted octanol–water partition coefficient (Wildman–Crippen LogP) is 6.91. The van der Waals surface area contributed by atoms with E-state index in [1.165, 1.54) is 0 Å². The summed E-state index contributed by atoms with van der Waals surface area (Å²) in [5.74, 6) is 3.67. The first-order valence-electron chi connectivity index (χ1n) is 15.8. The van der Waals surface area contributed by atoms with Gasteiger partial charge in [0.15, 0.2) is 0 Å². The molecule has 0 fully saturated rings. The Morgan fingerprint density at radius 3 is 2.08 bits per heavy atom. The lowest BCUT2D eigenvalue weighted by Gasteiger charge is -2.28. The minimum absolute atomic E-state index is 0.188. The summed E-state index contributed by atoms with van der Waals surface area (Å²) in [6.07, 6.45) is 7.47. The van der Waals surface area contributed by atoms with E-state index in [0.29, 0.717) is 53.4 Å². The van der Waals surface area contributed by atoms with E-state index < -0.39 is 12.1 Å². The third kappa shape index (κ3) is 8.88. The maximum absolute atomic E-state index is 12.6. The number of ether oxygens (including phenoxy) is 4. The van der Waals surface area contributed by atoms with Crippen molar-refractivity contribution in [3.05, 3.63) is 102 Å². The Balaban J connectivity index is 1.97. The van der Waals surface area contributed by atoms with Crippen molar-refractivity contribution in [3.63, 3.8) is 0 Å². The fraction of sp³-hybridized carbons (Fsp3) is 0.289. The molecule has 0 spiro atoms. The largest absolute Gasteiger partial charge is 0.497 e. The average molecular weight is 668 g/mol. The molecule has 49 heavy (non-hydrogen) atoms. The number of nitrogens with zero attached hydrogens (tertiary/aromatic N) is 3. The van der Waals surface area contributed by atoms with Gasteiger partial charge in [-0.25, -0.2) is 14.8 Å². The number of nitrogens with one attached hydrogen (secondary N) is 2. The number of benzene rings is 2. The Kier molecular flexibility index (Phi) is 12.6. The third-order valence-electron chi connectivity index (χ3n) is 7.92. The fourth-order valence-electron chi connectivity index (χ4n) is 5.39. The number of allylic oxidation sites excluding steroid dienone is 5. The van der Waals surface area contributed by atoms with Crippen LogP contribution >= 0.6 is 0 Å². The summed E-state index contributed by atoms with van der Waals surface area (Å²) in [4.78, 5) is 24.6. The lowest BCUT2D eigenvalue weighted by molar-refractivity contribution is 0.229. The summed E-state index contributed by atoms with van der Waals surface area (Å²) in [7, 11) is 6.49.